The molecule has 1 aromatic heterocycles. The molecule has 3 aromatic carbocycles. The van der Waals surface area contributed by atoms with Crippen LogP contribution in [0.25, 0.3) is 10.9 Å². The largest absolute Gasteiger partial charge is 0.496 e. The number of fused-ring (bicyclic) bond motifs is 6. The molecular formula is C44H54N2O6. The van der Waals surface area contributed by atoms with E-state index < -0.39 is 12.1 Å². The van der Waals surface area contributed by atoms with E-state index >= 15 is 0 Å². The highest BCUT2D eigenvalue weighted by Gasteiger charge is 2.50. The number of aromatic amines is 1. The van der Waals surface area contributed by atoms with Crippen LogP contribution < -0.4 is 9.47 Å². The van der Waals surface area contributed by atoms with Crippen molar-refractivity contribution in [3.8, 4) is 11.5 Å². The lowest BCUT2D eigenvalue weighted by atomic mass is 9.61. The Bertz CT molecular complexity index is 1940. The molecule has 5 unspecified atom stereocenters. The van der Waals surface area contributed by atoms with Crippen molar-refractivity contribution in [1.82, 2.24) is 9.88 Å². The summed E-state index contributed by atoms with van der Waals surface area (Å²) in [5.74, 6) is 0.531. The fraction of sp³-hybridized carbons (Fsp3) is 0.500. The Kier molecular flexibility index (Phi) is 9.66. The highest BCUT2D eigenvalue weighted by atomic mass is 16.5. The number of carbonyl (C=O) groups is 2. The molecule has 1 N–H and O–H groups in total. The molecule has 0 amide bonds. The molecule has 1 saturated heterocycles. The minimum Gasteiger partial charge on any atom is -0.496 e. The van der Waals surface area contributed by atoms with E-state index in [9.17, 15) is 9.59 Å². The summed E-state index contributed by atoms with van der Waals surface area (Å²) < 4.78 is 23.5. The molecule has 8 nitrogen and oxygen atoms in total. The number of nitrogens with zero attached hydrogens (tertiary/aromatic N) is 1. The SMILES string of the molecule is COC(=O)C1CC(OC(=O)c2cc(OC)c(CC(C)(C)C(C)(C)c3ccccc3)c(OC)c2)CC2CN3CCc4c([nH]c5cc(C)ccc45)C3CC21. The number of benzene rings is 3. The smallest absolute Gasteiger partial charge is 0.338 e. The molecule has 0 spiro atoms. The van der Waals surface area contributed by atoms with Crippen LogP contribution in [0.3, 0.4) is 0 Å². The number of aromatic nitrogens is 1. The topological polar surface area (TPSA) is 90.1 Å². The molecule has 4 aromatic rings. The zero-order valence-corrected chi connectivity index (χ0v) is 32.0. The zero-order valence-electron chi connectivity index (χ0n) is 32.0. The first-order chi connectivity index (χ1) is 24.8. The van der Waals surface area contributed by atoms with Crippen molar-refractivity contribution in [1.29, 1.82) is 0 Å². The highest BCUT2D eigenvalue weighted by Crippen LogP contribution is 2.51. The van der Waals surface area contributed by atoms with E-state index in [1.54, 1.807) is 26.4 Å². The average molecular weight is 707 g/mol. The lowest BCUT2D eigenvalue weighted by Gasteiger charge is -2.51. The van der Waals surface area contributed by atoms with Gasteiger partial charge in [0, 0.05) is 35.2 Å². The van der Waals surface area contributed by atoms with Crippen LogP contribution in [0.2, 0.25) is 0 Å². The van der Waals surface area contributed by atoms with Crippen LogP contribution in [0.1, 0.15) is 91.3 Å². The van der Waals surface area contributed by atoms with Gasteiger partial charge in [0.2, 0.25) is 0 Å². The van der Waals surface area contributed by atoms with Gasteiger partial charge in [-0.2, -0.15) is 0 Å². The van der Waals surface area contributed by atoms with Crippen LogP contribution in [0.5, 0.6) is 11.5 Å². The molecule has 3 heterocycles. The number of piperidine rings is 1. The molecule has 3 aliphatic rings. The maximum atomic E-state index is 13.9. The first kappa shape index (κ1) is 36.1. The van der Waals surface area contributed by atoms with E-state index in [2.05, 4.69) is 87.0 Å². The summed E-state index contributed by atoms with van der Waals surface area (Å²) in [6, 6.07) is 21.0. The Morgan fingerprint density at radius 3 is 2.29 bits per heavy atom. The Morgan fingerprint density at radius 1 is 0.904 bits per heavy atom. The predicted octanol–water partition coefficient (Wildman–Crippen LogP) is 8.38. The molecule has 52 heavy (non-hydrogen) atoms. The Morgan fingerprint density at radius 2 is 1.62 bits per heavy atom. The molecule has 1 saturated carbocycles. The standard InChI is InChI=1S/C44H54N2O6/c1-26-14-15-31-32-16-17-46-25-28-19-30(22-34(42(48)51-8)33(28)23-37(46)40(32)45-36(31)18-26)52-41(47)27-20-38(49-6)35(39(21-27)50-7)24-43(2,3)44(4,5)29-12-10-9-11-13-29/h9-15,18,20-21,28,30,33-34,37,45H,16-17,19,22-25H2,1-8H3. The lowest BCUT2D eigenvalue weighted by molar-refractivity contribution is -0.155. The van der Waals surface area contributed by atoms with E-state index in [1.807, 2.05) is 6.07 Å². The molecule has 8 heteroatoms. The van der Waals surface area contributed by atoms with Crippen LogP contribution in [0, 0.1) is 30.1 Å². The van der Waals surface area contributed by atoms with E-state index in [0.29, 0.717) is 36.3 Å². The highest BCUT2D eigenvalue weighted by molar-refractivity contribution is 5.91. The first-order valence-corrected chi connectivity index (χ1v) is 18.8. The Hall–Kier alpha value is -4.30. The maximum absolute atomic E-state index is 13.9. The average Bonchev–Trinajstić information content (AvgIpc) is 3.51. The third-order valence-corrected chi connectivity index (χ3v) is 13.1. The summed E-state index contributed by atoms with van der Waals surface area (Å²) in [5, 5.41) is 1.31. The fourth-order valence-corrected chi connectivity index (χ4v) is 9.47. The van der Waals surface area contributed by atoms with Crippen molar-refractivity contribution < 1.29 is 28.5 Å². The second-order valence-electron chi connectivity index (χ2n) is 16.5. The van der Waals surface area contributed by atoms with Crippen LogP contribution in [-0.4, -0.2) is 62.3 Å². The van der Waals surface area contributed by atoms with Gasteiger partial charge in [-0.15, -0.1) is 0 Å². The first-order valence-electron chi connectivity index (χ1n) is 18.8. The number of nitrogens with one attached hydrogen (secondary N) is 1. The number of methoxy groups -OCH3 is 3. The molecule has 2 fully saturated rings. The number of aryl methyl sites for hydroxylation is 1. The van der Waals surface area contributed by atoms with Crippen LogP contribution in [0.4, 0.5) is 0 Å². The third kappa shape index (κ3) is 6.37. The number of ether oxygens (including phenoxy) is 4. The van der Waals surface area contributed by atoms with E-state index in [0.717, 1.165) is 31.5 Å². The van der Waals surface area contributed by atoms with Crippen molar-refractivity contribution in [2.75, 3.05) is 34.4 Å². The van der Waals surface area contributed by atoms with Crippen molar-refractivity contribution >= 4 is 22.8 Å². The number of esters is 2. The Labute approximate surface area is 308 Å². The minimum absolute atomic E-state index is 0.144. The summed E-state index contributed by atoms with van der Waals surface area (Å²) in [6.45, 7) is 13.0. The van der Waals surface area contributed by atoms with Gasteiger partial charge in [0.15, 0.2) is 0 Å². The Balaban J connectivity index is 1.10. The molecule has 1 aliphatic carbocycles. The number of hydrogen-bond acceptors (Lipinski definition) is 7. The molecule has 0 bridgehead atoms. The van der Waals surface area contributed by atoms with Crippen LogP contribution >= 0.6 is 0 Å². The van der Waals surface area contributed by atoms with Crippen molar-refractivity contribution in [3.63, 3.8) is 0 Å². The van der Waals surface area contributed by atoms with Gasteiger partial charge in [0.05, 0.1) is 38.9 Å². The van der Waals surface area contributed by atoms with Crippen molar-refractivity contribution in [2.45, 2.75) is 84.3 Å². The number of carbonyl (C=O) groups excluding carboxylic acids is 2. The molecule has 276 valence electrons. The zero-order chi connectivity index (χ0) is 36.9. The maximum Gasteiger partial charge on any atom is 0.338 e. The second kappa shape index (κ2) is 13.9. The fourth-order valence-electron chi connectivity index (χ4n) is 9.47. The van der Waals surface area contributed by atoms with Crippen LogP contribution in [-0.2, 0) is 32.5 Å². The van der Waals surface area contributed by atoms with E-state index in [-0.39, 0.29) is 40.6 Å². The van der Waals surface area contributed by atoms with Gasteiger partial charge < -0.3 is 23.9 Å². The summed E-state index contributed by atoms with van der Waals surface area (Å²) in [6.07, 6.45) is 3.28. The quantitative estimate of drug-likeness (QED) is 0.175. The number of hydrogen-bond donors (Lipinski definition) is 1. The van der Waals surface area contributed by atoms with E-state index in [4.69, 9.17) is 18.9 Å². The predicted molar refractivity (Wildman–Crippen MR) is 203 cm³/mol. The molecule has 0 radical (unpaired) electrons. The normalized spacial score (nSPS) is 23.3. The minimum atomic E-state index is -0.441. The summed E-state index contributed by atoms with van der Waals surface area (Å²) >= 11 is 0. The van der Waals surface area contributed by atoms with Crippen molar-refractivity contribution in [2.24, 2.45) is 23.2 Å². The van der Waals surface area contributed by atoms with Gasteiger partial charge in [-0.25, -0.2) is 4.79 Å². The van der Waals surface area contributed by atoms with Crippen LogP contribution in [0.15, 0.2) is 60.7 Å². The summed E-state index contributed by atoms with van der Waals surface area (Å²) in [4.78, 5) is 33.6. The lowest BCUT2D eigenvalue weighted by Crippen LogP contribution is -2.52. The molecular weight excluding hydrogens is 652 g/mol. The molecule has 7 rings (SSSR count). The summed E-state index contributed by atoms with van der Waals surface area (Å²) in [7, 11) is 4.71. The number of H-pyrrole nitrogens is 1. The second-order valence-corrected chi connectivity index (χ2v) is 16.5. The van der Waals surface area contributed by atoms with Gasteiger partial charge in [-0.1, -0.05) is 70.2 Å². The molecule has 2 aliphatic heterocycles. The number of rotatable bonds is 9. The summed E-state index contributed by atoms with van der Waals surface area (Å²) in [5.41, 5.74) is 7.31. The third-order valence-electron chi connectivity index (χ3n) is 13.1. The van der Waals surface area contributed by atoms with Gasteiger partial charge >= 0.3 is 11.9 Å². The van der Waals surface area contributed by atoms with Gasteiger partial charge in [0.25, 0.3) is 0 Å². The van der Waals surface area contributed by atoms with Gasteiger partial charge in [-0.05, 0) is 96.6 Å². The molecule has 5 atom stereocenters. The van der Waals surface area contributed by atoms with Crippen molar-refractivity contribution in [3.05, 3.63) is 94.2 Å². The monoisotopic (exact) mass is 706 g/mol. The van der Waals surface area contributed by atoms with Gasteiger partial charge in [0.1, 0.15) is 17.6 Å². The van der Waals surface area contributed by atoms with Gasteiger partial charge in [-0.3, -0.25) is 9.69 Å². The van der Waals surface area contributed by atoms with E-state index in [1.165, 1.54) is 40.4 Å².